The number of hydrogen-bond donors (Lipinski definition) is 0. The van der Waals surface area contributed by atoms with Crippen LogP contribution < -0.4 is 13.7 Å². The molecular weight excluding hydrogens is 998 g/mol. The van der Waals surface area contributed by atoms with Crippen LogP contribution in [-0.4, -0.2) is 9.52 Å². The molecule has 0 saturated carbocycles. The van der Waals surface area contributed by atoms with Crippen molar-refractivity contribution < 1.29 is 16.1 Å². The predicted molar refractivity (Wildman–Crippen MR) is 277 cm³/mol. The van der Waals surface area contributed by atoms with E-state index in [9.17, 15) is 17.2 Å². The molecule has 8 aromatic rings. The van der Waals surface area contributed by atoms with E-state index in [2.05, 4.69) is 214 Å². The van der Waals surface area contributed by atoms with Gasteiger partial charge >= 0.3 is 393 Å². The third kappa shape index (κ3) is 6.62. The summed E-state index contributed by atoms with van der Waals surface area (Å²) in [7, 11) is 18.2. The summed E-state index contributed by atoms with van der Waals surface area (Å²) < 4.78 is 0.743. The Labute approximate surface area is 389 Å². The summed E-state index contributed by atoms with van der Waals surface area (Å²) in [5.41, 5.74) is 20.3. The van der Waals surface area contributed by atoms with Crippen LogP contribution in [0, 0.1) is 0 Å². The first-order valence-electron chi connectivity index (χ1n) is 23.1. The average Bonchev–Trinajstić information content (AvgIpc) is 4.06. The molecule has 0 bridgehead atoms. The van der Waals surface area contributed by atoms with Crippen molar-refractivity contribution in [3.63, 3.8) is 0 Å². The molecule has 3 aliphatic rings. The van der Waals surface area contributed by atoms with Gasteiger partial charge in [-0.2, -0.15) is 0 Å². The van der Waals surface area contributed by atoms with E-state index in [1.165, 1.54) is 103 Å². The second kappa shape index (κ2) is 16.7. The zero-order valence-corrected chi connectivity index (χ0v) is 43.0. The summed E-state index contributed by atoms with van der Waals surface area (Å²) in [4.78, 5) is 0. The van der Waals surface area contributed by atoms with Crippen molar-refractivity contribution in [1.29, 1.82) is 0 Å². The maximum atomic E-state index is 9.59. The first-order valence-corrected chi connectivity index (χ1v) is 39.4. The van der Waals surface area contributed by atoms with Gasteiger partial charge in [0.15, 0.2) is 0 Å². The number of rotatable bonds is 11. The van der Waals surface area contributed by atoms with Gasteiger partial charge in [-0.3, -0.25) is 0 Å². The normalized spacial score (nSPS) is 16.9. The first kappa shape index (κ1) is 41.6. The Morgan fingerprint density at radius 1 is 0.422 bits per heavy atom. The standard InChI is InChI=1S/2C24H21.C12H9Si.2ClH.Hf/c2*1-2-9-19-12-6-7-14-22(19)23-15-8-13-20-16-21(17-24(20)23)18-10-4-3-5-11-18;1-3-7-11-9(5-1)10-6-2-4-8-12(10)13-11;;;/h2*3-8,10-17H,2,9H2,1H3;1-7H,13H2;2*1H;/q;;;;;+2/p-2. The molecule has 0 fully saturated rings. The van der Waals surface area contributed by atoms with Gasteiger partial charge in [-0.05, 0) is 0 Å². The van der Waals surface area contributed by atoms with Crippen molar-refractivity contribution in [3.8, 4) is 33.4 Å². The third-order valence-electron chi connectivity index (χ3n) is 14.4. The summed E-state index contributed by atoms with van der Waals surface area (Å²) in [5, 5.41) is 2.90. The van der Waals surface area contributed by atoms with Crippen LogP contribution >= 0.6 is 17.2 Å². The molecule has 1 aliphatic heterocycles. The SMILES string of the molecule is CCCc1ccccc1-c1cccc2c1C=C(c1ccccc1)[CH]2[Hf]([Cl])([Cl])([c]1cccc2c1[SiH2]c1ccccc1-2)[CH]1C(c2ccccc2)=Cc2c(-c3ccccc3CCC)cccc21. The number of halogens is 2. The molecule has 0 aromatic heterocycles. The van der Waals surface area contributed by atoms with Gasteiger partial charge in [0.2, 0.25) is 0 Å². The summed E-state index contributed by atoms with van der Waals surface area (Å²) in [6.07, 6.45) is 9.17. The molecule has 0 radical (unpaired) electrons. The van der Waals surface area contributed by atoms with E-state index in [1.807, 2.05) is 0 Å². The monoisotopic (exact) mass is 1050 g/mol. The molecule has 0 amide bonds. The van der Waals surface area contributed by atoms with Crippen LogP contribution in [0.3, 0.4) is 0 Å². The van der Waals surface area contributed by atoms with Gasteiger partial charge < -0.3 is 0 Å². The quantitative estimate of drug-likeness (QED) is 0.113. The Hall–Kier alpha value is -5.09. The van der Waals surface area contributed by atoms with Gasteiger partial charge in [0.05, 0.1) is 0 Å². The molecule has 1 heterocycles. The van der Waals surface area contributed by atoms with Crippen molar-refractivity contribution in [1.82, 2.24) is 0 Å². The number of allylic oxidation sites excluding steroid dienone is 2. The van der Waals surface area contributed by atoms with Gasteiger partial charge in [-0.1, -0.05) is 0 Å². The van der Waals surface area contributed by atoms with Crippen LogP contribution in [0.1, 0.15) is 78.5 Å². The number of benzene rings is 8. The second-order valence-corrected chi connectivity index (χ2v) is 49.1. The second-order valence-electron chi connectivity index (χ2n) is 18.0. The Bertz CT molecular complexity index is 3000. The summed E-state index contributed by atoms with van der Waals surface area (Å²) in [5.74, 6) is 0. The van der Waals surface area contributed by atoms with Crippen molar-refractivity contribution in [2.75, 3.05) is 0 Å². The van der Waals surface area contributed by atoms with Gasteiger partial charge in [0.25, 0.3) is 0 Å². The van der Waals surface area contributed by atoms with Gasteiger partial charge in [-0.15, -0.1) is 0 Å². The predicted octanol–water partition coefficient (Wildman–Crippen LogP) is 14.2. The Morgan fingerprint density at radius 3 is 1.36 bits per heavy atom. The number of fused-ring (bicyclic) bond motifs is 5. The van der Waals surface area contributed by atoms with E-state index in [0.29, 0.717) is 0 Å². The molecule has 0 N–H and O–H groups in total. The fraction of sp³-hybridized carbons (Fsp3) is 0.133. The summed E-state index contributed by atoms with van der Waals surface area (Å²) in [6.45, 7) is 4.54. The fourth-order valence-corrected chi connectivity index (χ4v) is 49.5. The van der Waals surface area contributed by atoms with Crippen LogP contribution in [0.5, 0.6) is 0 Å². The molecule has 0 saturated heterocycles. The van der Waals surface area contributed by atoms with Crippen molar-refractivity contribution in [2.24, 2.45) is 0 Å². The molecule has 64 heavy (non-hydrogen) atoms. The van der Waals surface area contributed by atoms with E-state index in [1.54, 1.807) is 0 Å². The molecular formula is C60H51Cl2HfSi. The van der Waals surface area contributed by atoms with Crippen molar-refractivity contribution in [3.05, 3.63) is 233 Å². The van der Waals surface area contributed by atoms with Gasteiger partial charge in [0, 0.05) is 0 Å². The third-order valence-corrected chi connectivity index (χ3v) is 45.7. The molecule has 313 valence electrons. The average molecular weight is 1050 g/mol. The van der Waals surface area contributed by atoms with Gasteiger partial charge in [-0.25, -0.2) is 0 Å². The molecule has 2 aliphatic carbocycles. The number of hydrogen-bond acceptors (Lipinski definition) is 0. The van der Waals surface area contributed by atoms with Crippen LogP contribution in [-0.2, 0) is 29.0 Å². The van der Waals surface area contributed by atoms with E-state index < -0.39 is 25.7 Å². The fourth-order valence-electron chi connectivity index (χ4n) is 11.8. The van der Waals surface area contributed by atoms with Crippen LogP contribution in [0.2, 0.25) is 0 Å². The molecule has 0 nitrogen and oxygen atoms in total. The van der Waals surface area contributed by atoms with Crippen molar-refractivity contribution in [2.45, 2.75) is 46.9 Å². The molecule has 2 unspecified atom stereocenters. The van der Waals surface area contributed by atoms with Crippen LogP contribution in [0.4, 0.5) is 0 Å². The van der Waals surface area contributed by atoms with Gasteiger partial charge in [0.1, 0.15) is 0 Å². The maximum absolute atomic E-state index is 9.59. The minimum atomic E-state index is -6.12. The Balaban J connectivity index is 1.26. The van der Waals surface area contributed by atoms with E-state index in [4.69, 9.17) is 0 Å². The molecule has 2 atom stereocenters. The van der Waals surface area contributed by atoms with E-state index in [-0.39, 0.29) is 7.35 Å². The minimum absolute atomic E-state index is 0.251. The van der Waals surface area contributed by atoms with E-state index >= 15 is 0 Å². The van der Waals surface area contributed by atoms with Crippen molar-refractivity contribution >= 4 is 63.7 Å². The Morgan fingerprint density at radius 2 is 0.844 bits per heavy atom. The van der Waals surface area contributed by atoms with Crippen LogP contribution in [0.25, 0.3) is 56.7 Å². The molecule has 8 aromatic carbocycles. The summed E-state index contributed by atoms with van der Waals surface area (Å²) in [6, 6.07) is 70.0. The zero-order valence-electron chi connectivity index (χ0n) is 36.5. The molecule has 11 rings (SSSR count). The zero-order chi connectivity index (χ0) is 43.4. The van der Waals surface area contributed by atoms with Crippen LogP contribution in [0.15, 0.2) is 188 Å². The summed E-state index contributed by atoms with van der Waals surface area (Å²) >= 11 is -6.12. The first-order chi connectivity index (χ1) is 31.4. The topological polar surface area (TPSA) is 0 Å². The van der Waals surface area contributed by atoms with E-state index in [0.717, 1.165) is 25.7 Å². The Kier molecular flexibility index (Phi) is 10.9. The number of aryl methyl sites for hydroxylation is 2. The molecule has 4 heteroatoms. The molecule has 0 spiro atoms.